The SMILES string of the molecule is CC1(NS(=O)(=O)c2ccccc2N)CCOC1. The Bertz CT molecular complexity index is 507. The van der Waals surface area contributed by atoms with Gasteiger partial charge in [-0.3, -0.25) is 0 Å². The molecule has 1 aliphatic heterocycles. The Morgan fingerprint density at radius 2 is 2.12 bits per heavy atom. The van der Waals surface area contributed by atoms with Gasteiger partial charge < -0.3 is 10.5 Å². The summed E-state index contributed by atoms with van der Waals surface area (Å²) in [6.45, 7) is 2.79. The van der Waals surface area contributed by atoms with Gasteiger partial charge in [-0.1, -0.05) is 12.1 Å². The lowest BCUT2D eigenvalue weighted by molar-refractivity contribution is 0.178. The number of rotatable bonds is 3. The third-order valence-corrected chi connectivity index (χ3v) is 4.52. The van der Waals surface area contributed by atoms with Crippen LogP contribution < -0.4 is 10.5 Å². The van der Waals surface area contributed by atoms with Gasteiger partial charge in [0.15, 0.2) is 0 Å². The Balaban J connectivity index is 2.28. The number of nitrogens with two attached hydrogens (primary N) is 1. The normalized spacial score (nSPS) is 25.0. The highest BCUT2D eigenvalue weighted by molar-refractivity contribution is 7.89. The van der Waals surface area contributed by atoms with Crippen LogP contribution in [0.25, 0.3) is 0 Å². The maximum absolute atomic E-state index is 12.2. The van der Waals surface area contributed by atoms with Crippen LogP contribution in [0, 0.1) is 0 Å². The Hall–Kier alpha value is -1.11. The number of nitrogen functional groups attached to an aromatic ring is 1. The number of sulfonamides is 1. The summed E-state index contributed by atoms with van der Waals surface area (Å²) < 4.78 is 32.2. The van der Waals surface area contributed by atoms with Crippen LogP contribution in [-0.4, -0.2) is 27.2 Å². The summed E-state index contributed by atoms with van der Waals surface area (Å²) in [6.07, 6.45) is 0.666. The first kappa shape index (κ1) is 12.3. The van der Waals surface area contributed by atoms with Gasteiger partial charge in [0.05, 0.1) is 17.8 Å². The van der Waals surface area contributed by atoms with Crippen LogP contribution in [-0.2, 0) is 14.8 Å². The van der Waals surface area contributed by atoms with Crippen molar-refractivity contribution in [3.05, 3.63) is 24.3 Å². The molecule has 2 rings (SSSR count). The first-order valence-corrected chi connectivity index (χ1v) is 6.88. The summed E-state index contributed by atoms with van der Waals surface area (Å²) in [5, 5.41) is 0. The number of para-hydroxylation sites is 1. The molecule has 17 heavy (non-hydrogen) atoms. The van der Waals surface area contributed by atoms with Crippen LogP contribution in [0.1, 0.15) is 13.3 Å². The van der Waals surface area contributed by atoms with Crippen molar-refractivity contribution in [1.82, 2.24) is 4.72 Å². The molecule has 0 saturated carbocycles. The van der Waals surface area contributed by atoms with E-state index in [1.165, 1.54) is 6.07 Å². The van der Waals surface area contributed by atoms with E-state index in [0.29, 0.717) is 19.6 Å². The second-order valence-corrected chi connectivity index (χ2v) is 6.16. The average Bonchev–Trinajstić information content (AvgIpc) is 2.64. The lowest BCUT2D eigenvalue weighted by Crippen LogP contribution is -2.46. The smallest absolute Gasteiger partial charge is 0.243 e. The van der Waals surface area contributed by atoms with Crippen molar-refractivity contribution in [3.63, 3.8) is 0 Å². The van der Waals surface area contributed by atoms with Crippen LogP contribution >= 0.6 is 0 Å². The summed E-state index contributed by atoms with van der Waals surface area (Å²) in [6, 6.07) is 6.42. The molecule has 1 aliphatic rings. The van der Waals surface area contributed by atoms with Crippen molar-refractivity contribution in [2.45, 2.75) is 23.8 Å². The molecular weight excluding hydrogens is 240 g/mol. The van der Waals surface area contributed by atoms with Crippen molar-refractivity contribution in [1.29, 1.82) is 0 Å². The Morgan fingerprint density at radius 1 is 1.41 bits per heavy atom. The molecule has 0 aromatic heterocycles. The number of hydrogen-bond acceptors (Lipinski definition) is 4. The van der Waals surface area contributed by atoms with Gasteiger partial charge in [-0.25, -0.2) is 13.1 Å². The zero-order chi connectivity index (χ0) is 12.5. The van der Waals surface area contributed by atoms with E-state index in [1.807, 2.05) is 6.92 Å². The van der Waals surface area contributed by atoms with E-state index in [1.54, 1.807) is 18.2 Å². The molecule has 0 bridgehead atoms. The Labute approximate surface area is 101 Å². The van der Waals surface area contributed by atoms with Crippen LogP contribution in [0.3, 0.4) is 0 Å². The largest absolute Gasteiger partial charge is 0.398 e. The fourth-order valence-corrected chi connectivity index (χ4v) is 3.41. The van der Waals surface area contributed by atoms with Gasteiger partial charge in [0.2, 0.25) is 10.0 Å². The van der Waals surface area contributed by atoms with Crippen LogP contribution in [0.5, 0.6) is 0 Å². The number of nitrogens with one attached hydrogen (secondary N) is 1. The van der Waals surface area contributed by atoms with E-state index >= 15 is 0 Å². The fraction of sp³-hybridized carbons (Fsp3) is 0.455. The minimum absolute atomic E-state index is 0.119. The van der Waals surface area contributed by atoms with Crippen LogP contribution in [0.4, 0.5) is 5.69 Å². The molecule has 1 saturated heterocycles. The first-order chi connectivity index (χ1) is 7.93. The van der Waals surface area contributed by atoms with Crippen molar-refractivity contribution in [3.8, 4) is 0 Å². The van der Waals surface area contributed by atoms with E-state index in [2.05, 4.69) is 4.72 Å². The Kier molecular flexibility index (Phi) is 3.11. The molecule has 0 amide bonds. The molecule has 1 atom stereocenters. The topological polar surface area (TPSA) is 81.4 Å². The molecule has 6 heteroatoms. The Morgan fingerprint density at radius 3 is 2.71 bits per heavy atom. The maximum atomic E-state index is 12.2. The fourth-order valence-electron chi connectivity index (χ4n) is 1.85. The third kappa shape index (κ3) is 2.59. The predicted molar refractivity (Wildman–Crippen MR) is 65.0 cm³/mol. The zero-order valence-corrected chi connectivity index (χ0v) is 10.5. The second kappa shape index (κ2) is 4.29. The summed E-state index contributed by atoms with van der Waals surface area (Å²) >= 11 is 0. The molecule has 0 aliphatic carbocycles. The average molecular weight is 256 g/mol. The molecule has 0 spiro atoms. The highest BCUT2D eigenvalue weighted by Crippen LogP contribution is 2.23. The number of ether oxygens (including phenoxy) is 1. The van der Waals surface area contributed by atoms with E-state index in [-0.39, 0.29) is 10.6 Å². The van der Waals surface area contributed by atoms with Gasteiger partial charge in [0.1, 0.15) is 4.90 Å². The molecule has 1 aromatic carbocycles. The van der Waals surface area contributed by atoms with Gasteiger partial charge in [0, 0.05) is 6.61 Å². The molecule has 94 valence electrons. The van der Waals surface area contributed by atoms with E-state index in [0.717, 1.165) is 0 Å². The van der Waals surface area contributed by atoms with Crippen LogP contribution in [0.15, 0.2) is 29.2 Å². The van der Waals surface area contributed by atoms with E-state index < -0.39 is 15.6 Å². The summed E-state index contributed by atoms with van der Waals surface area (Å²) in [7, 11) is -3.59. The lowest BCUT2D eigenvalue weighted by Gasteiger charge is -2.23. The summed E-state index contributed by atoms with van der Waals surface area (Å²) in [5.41, 5.74) is 5.39. The second-order valence-electron chi connectivity index (χ2n) is 4.51. The monoisotopic (exact) mass is 256 g/mol. The van der Waals surface area contributed by atoms with Crippen molar-refractivity contribution in [2.75, 3.05) is 18.9 Å². The molecule has 3 N–H and O–H groups in total. The number of benzene rings is 1. The zero-order valence-electron chi connectivity index (χ0n) is 9.64. The summed E-state index contributed by atoms with van der Waals surface area (Å²) in [5.74, 6) is 0. The molecule has 1 fully saturated rings. The molecule has 1 unspecified atom stereocenters. The molecule has 1 aromatic rings. The standard InChI is InChI=1S/C11H16N2O3S/c1-11(6-7-16-8-11)13-17(14,15)10-5-3-2-4-9(10)12/h2-5,13H,6-8,12H2,1H3. The minimum Gasteiger partial charge on any atom is -0.398 e. The maximum Gasteiger partial charge on any atom is 0.243 e. The molecular formula is C11H16N2O3S. The van der Waals surface area contributed by atoms with Gasteiger partial charge in [-0.2, -0.15) is 0 Å². The third-order valence-electron chi connectivity index (χ3n) is 2.81. The molecule has 1 heterocycles. The van der Waals surface area contributed by atoms with Gasteiger partial charge in [0.25, 0.3) is 0 Å². The van der Waals surface area contributed by atoms with Gasteiger partial charge in [-0.15, -0.1) is 0 Å². The van der Waals surface area contributed by atoms with Gasteiger partial charge in [-0.05, 0) is 25.5 Å². The predicted octanol–water partition coefficient (Wildman–Crippen LogP) is 0.726. The lowest BCUT2D eigenvalue weighted by atomic mass is 10.0. The quantitative estimate of drug-likeness (QED) is 0.781. The molecule has 0 radical (unpaired) electrons. The first-order valence-electron chi connectivity index (χ1n) is 5.39. The van der Waals surface area contributed by atoms with E-state index in [9.17, 15) is 8.42 Å². The van der Waals surface area contributed by atoms with Crippen molar-refractivity contribution < 1.29 is 13.2 Å². The molecule has 5 nitrogen and oxygen atoms in total. The summed E-state index contributed by atoms with van der Waals surface area (Å²) in [4.78, 5) is 0.119. The number of anilines is 1. The minimum atomic E-state index is -3.59. The van der Waals surface area contributed by atoms with Crippen molar-refractivity contribution >= 4 is 15.7 Å². The van der Waals surface area contributed by atoms with Gasteiger partial charge >= 0.3 is 0 Å². The van der Waals surface area contributed by atoms with Crippen LogP contribution in [0.2, 0.25) is 0 Å². The van der Waals surface area contributed by atoms with E-state index in [4.69, 9.17) is 10.5 Å². The van der Waals surface area contributed by atoms with Crippen molar-refractivity contribution in [2.24, 2.45) is 0 Å². The highest BCUT2D eigenvalue weighted by atomic mass is 32.2. The highest BCUT2D eigenvalue weighted by Gasteiger charge is 2.35. The number of hydrogen-bond donors (Lipinski definition) is 2.